The van der Waals surface area contributed by atoms with Crippen molar-refractivity contribution in [3.05, 3.63) is 59.9 Å². The van der Waals surface area contributed by atoms with E-state index in [0.29, 0.717) is 5.56 Å². The van der Waals surface area contributed by atoms with E-state index in [4.69, 9.17) is 4.74 Å². The van der Waals surface area contributed by atoms with Crippen molar-refractivity contribution in [3.63, 3.8) is 0 Å². The molecule has 0 aromatic heterocycles. The number of carbonyl (C=O) groups is 3. The van der Waals surface area contributed by atoms with Crippen LogP contribution in [0.4, 0.5) is 10.1 Å². The first-order chi connectivity index (χ1) is 13.8. The van der Waals surface area contributed by atoms with Crippen molar-refractivity contribution in [3.8, 4) is 5.75 Å². The monoisotopic (exact) mass is 398 g/mol. The lowest BCUT2D eigenvalue weighted by molar-refractivity contribution is -0.151. The van der Waals surface area contributed by atoms with E-state index in [-0.39, 0.29) is 11.4 Å². The largest absolute Gasteiger partial charge is 0.508 e. The Labute approximate surface area is 166 Å². The number of nitrogens with zero attached hydrogens (tertiary/aromatic N) is 1. The van der Waals surface area contributed by atoms with Crippen LogP contribution < -0.4 is 10.2 Å². The molecule has 0 spiro atoms. The normalized spacial score (nSPS) is 28.5. The molecule has 29 heavy (non-hydrogen) atoms. The maximum atomic E-state index is 13.3. The van der Waals surface area contributed by atoms with E-state index in [1.807, 2.05) is 0 Å². The number of imide groups is 1. The smallest absolute Gasteiger partial charge is 0.326 e. The molecular weight excluding hydrogens is 379 g/mol. The number of esters is 1. The second-order valence-electron chi connectivity index (χ2n) is 7.40. The number of hydrogen-bond donors (Lipinski definition) is 2. The second-order valence-corrected chi connectivity index (χ2v) is 7.40. The lowest BCUT2D eigenvalue weighted by Crippen LogP contribution is -2.54. The van der Waals surface area contributed by atoms with Crippen molar-refractivity contribution in [1.82, 2.24) is 5.32 Å². The standard InChI is InChI=1S/C21H19FN2O5/c1-21(20(28)29-2)16-15(17(23-21)11-3-9-14(25)10-4-11)18(26)24(19(16)27)13-7-5-12(22)6-8-13/h3-10,15-17,23,25H,1-2H3/t15-,16-,17+,21+/m0/s1. The molecule has 2 saturated heterocycles. The fourth-order valence-corrected chi connectivity index (χ4v) is 4.35. The highest BCUT2D eigenvalue weighted by atomic mass is 19.1. The summed E-state index contributed by atoms with van der Waals surface area (Å²) in [5.41, 5.74) is -0.538. The number of fused-ring (bicyclic) bond motifs is 1. The van der Waals surface area contributed by atoms with Gasteiger partial charge in [0.25, 0.3) is 0 Å². The molecule has 4 atom stereocenters. The molecule has 2 N–H and O–H groups in total. The summed E-state index contributed by atoms with van der Waals surface area (Å²) < 4.78 is 18.2. The molecule has 0 unspecified atom stereocenters. The minimum absolute atomic E-state index is 0.0563. The predicted octanol–water partition coefficient (Wildman–Crippen LogP) is 1.91. The summed E-state index contributed by atoms with van der Waals surface area (Å²) >= 11 is 0. The minimum Gasteiger partial charge on any atom is -0.508 e. The van der Waals surface area contributed by atoms with Crippen molar-refractivity contribution in [2.45, 2.75) is 18.5 Å². The summed E-state index contributed by atoms with van der Waals surface area (Å²) in [6.45, 7) is 1.54. The molecule has 7 nitrogen and oxygen atoms in total. The molecule has 2 aromatic carbocycles. The average molecular weight is 398 g/mol. The first kappa shape index (κ1) is 19.1. The SMILES string of the molecule is COC(=O)[C@]1(C)N[C@H](c2ccc(O)cc2)[C@H]2C(=O)N(c3ccc(F)cc3)C(=O)[C@H]21. The number of amides is 2. The molecule has 2 heterocycles. The number of phenols is 1. The van der Waals surface area contributed by atoms with Gasteiger partial charge in [0, 0.05) is 6.04 Å². The summed E-state index contributed by atoms with van der Waals surface area (Å²) in [6.07, 6.45) is 0. The zero-order valence-electron chi connectivity index (χ0n) is 15.8. The van der Waals surface area contributed by atoms with Gasteiger partial charge in [0.05, 0.1) is 24.6 Å². The van der Waals surface area contributed by atoms with Crippen LogP contribution in [0.5, 0.6) is 5.75 Å². The third kappa shape index (κ3) is 2.79. The molecule has 0 aliphatic carbocycles. The topological polar surface area (TPSA) is 95.9 Å². The summed E-state index contributed by atoms with van der Waals surface area (Å²) in [4.78, 5) is 40.2. The third-order valence-corrected chi connectivity index (χ3v) is 5.73. The molecule has 2 aromatic rings. The van der Waals surface area contributed by atoms with Crippen LogP contribution >= 0.6 is 0 Å². The molecule has 4 rings (SSSR count). The lowest BCUT2D eigenvalue weighted by Gasteiger charge is -2.28. The van der Waals surface area contributed by atoms with Crippen molar-refractivity contribution in [2.75, 3.05) is 12.0 Å². The van der Waals surface area contributed by atoms with Crippen LogP contribution in [0.25, 0.3) is 0 Å². The Balaban J connectivity index is 1.81. The molecule has 0 saturated carbocycles. The molecule has 2 aliphatic heterocycles. The summed E-state index contributed by atoms with van der Waals surface area (Å²) in [7, 11) is 1.22. The van der Waals surface area contributed by atoms with Gasteiger partial charge < -0.3 is 9.84 Å². The predicted molar refractivity (Wildman–Crippen MR) is 100 cm³/mol. The molecule has 150 valence electrons. The second kappa shape index (κ2) is 6.66. The number of anilines is 1. The minimum atomic E-state index is -1.43. The highest BCUT2D eigenvalue weighted by Gasteiger charge is 2.67. The van der Waals surface area contributed by atoms with Crippen LogP contribution in [0.1, 0.15) is 18.5 Å². The summed E-state index contributed by atoms with van der Waals surface area (Å²) in [6, 6.07) is 10.6. The number of halogens is 1. The van der Waals surface area contributed by atoms with E-state index in [2.05, 4.69) is 5.32 Å². The number of benzene rings is 2. The van der Waals surface area contributed by atoms with E-state index in [1.165, 1.54) is 50.4 Å². The van der Waals surface area contributed by atoms with Gasteiger partial charge in [-0.25, -0.2) is 9.29 Å². The number of rotatable bonds is 3. The van der Waals surface area contributed by atoms with Gasteiger partial charge in [-0.15, -0.1) is 0 Å². The van der Waals surface area contributed by atoms with Crippen molar-refractivity contribution in [1.29, 1.82) is 0 Å². The Bertz CT molecular complexity index is 991. The van der Waals surface area contributed by atoms with Gasteiger partial charge in [0.15, 0.2) is 0 Å². The van der Waals surface area contributed by atoms with E-state index in [9.17, 15) is 23.9 Å². The Morgan fingerprint density at radius 1 is 1.10 bits per heavy atom. The first-order valence-corrected chi connectivity index (χ1v) is 9.06. The lowest BCUT2D eigenvalue weighted by atomic mass is 9.80. The number of carbonyl (C=O) groups excluding carboxylic acids is 3. The highest BCUT2D eigenvalue weighted by Crippen LogP contribution is 2.50. The zero-order chi connectivity index (χ0) is 20.9. The maximum absolute atomic E-state index is 13.3. The Morgan fingerprint density at radius 2 is 1.72 bits per heavy atom. The quantitative estimate of drug-likeness (QED) is 0.606. The number of phenolic OH excluding ortho intramolecular Hbond substituents is 1. The zero-order valence-corrected chi connectivity index (χ0v) is 15.8. The van der Waals surface area contributed by atoms with E-state index in [0.717, 1.165) is 4.90 Å². The Morgan fingerprint density at radius 3 is 2.31 bits per heavy atom. The summed E-state index contributed by atoms with van der Waals surface area (Å²) in [5.74, 6) is -3.97. The number of methoxy groups -OCH3 is 1. The highest BCUT2D eigenvalue weighted by molar-refractivity contribution is 6.24. The van der Waals surface area contributed by atoms with Crippen LogP contribution in [0.3, 0.4) is 0 Å². The number of hydrogen-bond acceptors (Lipinski definition) is 6. The van der Waals surface area contributed by atoms with Crippen LogP contribution in [-0.2, 0) is 19.1 Å². The fraction of sp³-hybridized carbons (Fsp3) is 0.286. The van der Waals surface area contributed by atoms with E-state index < -0.39 is 47.0 Å². The molecule has 2 fully saturated rings. The molecule has 0 bridgehead atoms. The van der Waals surface area contributed by atoms with Gasteiger partial charge >= 0.3 is 5.97 Å². The fourth-order valence-electron chi connectivity index (χ4n) is 4.35. The Kier molecular flexibility index (Phi) is 4.38. The van der Waals surface area contributed by atoms with Crippen molar-refractivity contribution >= 4 is 23.5 Å². The van der Waals surface area contributed by atoms with Crippen molar-refractivity contribution in [2.24, 2.45) is 11.8 Å². The first-order valence-electron chi connectivity index (χ1n) is 9.06. The van der Waals surface area contributed by atoms with Gasteiger partial charge in [-0.3, -0.25) is 19.7 Å². The maximum Gasteiger partial charge on any atom is 0.326 e. The van der Waals surface area contributed by atoms with Gasteiger partial charge in [-0.05, 0) is 48.9 Å². The number of aromatic hydroxyl groups is 1. The number of nitrogens with one attached hydrogen (secondary N) is 1. The summed E-state index contributed by atoms with van der Waals surface area (Å²) in [5, 5.41) is 12.7. The van der Waals surface area contributed by atoms with E-state index in [1.54, 1.807) is 12.1 Å². The van der Waals surface area contributed by atoms with Crippen LogP contribution in [0, 0.1) is 17.7 Å². The molecule has 8 heteroatoms. The van der Waals surface area contributed by atoms with Crippen LogP contribution in [-0.4, -0.2) is 35.5 Å². The van der Waals surface area contributed by atoms with Gasteiger partial charge in [-0.2, -0.15) is 0 Å². The molecule has 2 amide bonds. The van der Waals surface area contributed by atoms with Crippen LogP contribution in [0.15, 0.2) is 48.5 Å². The third-order valence-electron chi connectivity index (χ3n) is 5.73. The van der Waals surface area contributed by atoms with Gasteiger partial charge in [-0.1, -0.05) is 12.1 Å². The van der Waals surface area contributed by atoms with E-state index >= 15 is 0 Å². The molecule has 0 radical (unpaired) electrons. The van der Waals surface area contributed by atoms with Gasteiger partial charge in [0.1, 0.15) is 17.1 Å². The average Bonchev–Trinajstić information content (AvgIpc) is 3.17. The molecular formula is C21H19FN2O5. The van der Waals surface area contributed by atoms with Gasteiger partial charge in [0.2, 0.25) is 11.8 Å². The Hall–Kier alpha value is -3.26. The number of ether oxygens (including phenoxy) is 1. The molecule has 2 aliphatic rings. The van der Waals surface area contributed by atoms with Crippen molar-refractivity contribution < 1.29 is 28.6 Å². The van der Waals surface area contributed by atoms with Crippen LogP contribution in [0.2, 0.25) is 0 Å².